The normalized spacial score (nSPS) is 15.2. The van der Waals surface area contributed by atoms with Gasteiger partial charge in [-0.1, -0.05) is 48.5 Å². The first-order valence-electron chi connectivity index (χ1n) is 10.6. The molecule has 172 valence electrons. The van der Waals surface area contributed by atoms with Gasteiger partial charge in [0.1, 0.15) is 24.2 Å². The highest BCUT2D eigenvalue weighted by molar-refractivity contribution is 7.99. The lowest BCUT2D eigenvalue weighted by Crippen LogP contribution is -2.27. The maximum Gasteiger partial charge on any atom is 0.227 e. The number of ether oxygens (including phenoxy) is 1. The first-order chi connectivity index (χ1) is 15.9. The van der Waals surface area contributed by atoms with E-state index in [1.54, 1.807) is 47.6 Å². The van der Waals surface area contributed by atoms with Gasteiger partial charge in [-0.25, -0.2) is 9.07 Å². The van der Waals surface area contributed by atoms with Crippen LogP contribution in [-0.2, 0) is 11.4 Å². The van der Waals surface area contributed by atoms with Crippen molar-refractivity contribution in [3.63, 3.8) is 0 Å². The van der Waals surface area contributed by atoms with Crippen molar-refractivity contribution in [2.45, 2.75) is 45.0 Å². The lowest BCUT2D eigenvalue weighted by molar-refractivity contribution is -0.114. The van der Waals surface area contributed by atoms with E-state index in [1.165, 1.54) is 6.07 Å². The summed E-state index contributed by atoms with van der Waals surface area (Å²) in [5, 5.41) is 8.87. The van der Waals surface area contributed by atoms with Crippen LogP contribution in [0.1, 0.15) is 44.4 Å². The SMILES string of the molecule is CCCSc1nc2n(n1)C(c1ccc(OCc3c(F)cccc3Cl)cc1)C(C(C)=O)=C(C)N2. The third-order valence-corrected chi connectivity index (χ3v) is 6.69. The van der Waals surface area contributed by atoms with Gasteiger partial charge in [-0.2, -0.15) is 4.98 Å². The summed E-state index contributed by atoms with van der Waals surface area (Å²) in [5.41, 5.74) is 2.57. The maximum atomic E-state index is 14.0. The van der Waals surface area contributed by atoms with Crippen molar-refractivity contribution in [3.05, 3.63) is 75.7 Å². The summed E-state index contributed by atoms with van der Waals surface area (Å²) in [4.78, 5) is 17.1. The Labute approximate surface area is 201 Å². The zero-order valence-corrected chi connectivity index (χ0v) is 20.1. The van der Waals surface area contributed by atoms with E-state index < -0.39 is 11.9 Å². The van der Waals surface area contributed by atoms with E-state index in [4.69, 9.17) is 16.3 Å². The molecule has 0 saturated carbocycles. The lowest BCUT2D eigenvalue weighted by Gasteiger charge is -2.28. The fourth-order valence-electron chi connectivity index (χ4n) is 3.72. The molecular weight excluding hydrogens is 463 g/mol. The van der Waals surface area contributed by atoms with E-state index in [0.29, 0.717) is 33.0 Å². The van der Waals surface area contributed by atoms with Crippen LogP contribution < -0.4 is 10.1 Å². The quantitative estimate of drug-likeness (QED) is 0.392. The largest absolute Gasteiger partial charge is 0.489 e. The van der Waals surface area contributed by atoms with Gasteiger partial charge in [0.2, 0.25) is 11.1 Å². The molecule has 0 spiro atoms. The molecule has 0 radical (unpaired) electrons. The third kappa shape index (κ3) is 4.91. The number of hydrogen-bond donors (Lipinski definition) is 1. The van der Waals surface area contributed by atoms with Crippen LogP contribution in [-0.4, -0.2) is 26.3 Å². The molecule has 2 aromatic carbocycles. The smallest absolute Gasteiger partial charge is 0.227 e. The summed E-state index contributed by atoms with van der Waals surface area (Å²) in [6, 6.07) is 11.5. The van der Waals surface area contributed by atoms with Crippen LogP contribution in [0.3, 0.4) is 0 Å². The lowest BCUT2D eigenvalue weighted by atomic mass is 9.93. The second-order valence-electron chi connectivity index (χ2n) is 7.69. The molecule has 1 N–H and O–H groups in total. The zero-order chi connectivity index (χ0) is 23.5. The zero-order valence-electron chi connectivity index (χ0n) is 18.6. The molecular formula is C24H24ClFN4O2S. The van der Waals surface area contributed by atoms with E-state index >= 15 is 0 Å². The Kier molecular flexibility index (Phi) is 7.05. The van der Waals surface area contributed by atoms with Gasteiger partial charge < -0.3 is 10.1 Å². The molecule has 3 aromatic rings. The molecule has 2 heterocycles. The minimum atomic E-state index is -0.406. The molecule has 0 fully saturated rings. The molecule has 1 atom stereocenters. The number of Topliss-reactive ketones (excluding diaryl/α,β-unsaturated/α-hetero) is 1. The predicted octanol–water partition coefficient (Wildman–Crippen LogP) is 6.03. The number of aromatic nitrogens is 3. The molecule has 6 nitrogen and oxygen atoms in total. The minimum Gasteiger partial charge on any atom is -0.489 e. The highest BCUT2D eigenvalue weighted by Crippen LogP contribution is 2.37. The molecule has 0 saturated heterocycles. The van der Waals surface area contributed by atoms with Crippen molar-refractivity contribution < 1.29 is 13.9 Å². The Bertz CT molecular complexity index is 1190. The average Bonchev–Trinajstić information content (AvgIpc) is 3.19. The minimum absolute atomic E-state index is 0.0150. The number of nitrogens with one attached hydrogen (secondary N) is 1. The number of nitrogens with zero attached hydrogens (tertiary/aromatic N) is 3. The number of carbonyl (C=O) groups is 1. The molecule has 1 aliphatic rings. The van der Waals surface area contributed by atoms with Gasteiger partial charge in [0.15, 0.2) is 5.78 Å². The van der Waals surface area contributed by atoms with Crippen LogP contribution in [0.2, 0.25) is 5.02 Å². The molecule has 9 heteroatoms. The fourth-order valence-corrected chi connectivity index (χ4v) is 4.62. The topological polar surface area (TPSA) is 69.0 Å². The van der Waals surface area contributed by atoms with Crippen molar-refractivity contribution in [1.82, 2.24) is 14.8 Å². The fraction of sp³-hybridized carbons (Fsp3) is 0.292. The van der Waals surface area contributed by atoms with Crippen molar-refractivity contribution in [2.75, 3.05) is 11.1 Å². The van der Waals surface area contributed by atoms with Crippen molar-refractivity contribution in [3.8, 4) is 5.75 Å². The summed E-state index contributed by atoms with van der Waals surface area (Å²) in [6.07, 6.45) is 1.01. The van der Waals surface area contributed by atoms with Crippen molar-refractivity contribution in [2.24, 2.45) is 0 Å². The number of anilines is 1. The van der Waals surface area contributed by atoms with Crippen LogP contribution in [0.4, 0.5) is 10.3 Å². The Morgan fingerprint density at radius 1 is 1.27 bits per heavy atom. The van der Waals surface area contributed by atoms with Gasteiger partial charge in [0.05, 0.1) is 5.02 Å². The maximum absolute atomic E-state index is 14.0. The van der Waals surface area contributed by atoms with Gasteiger partial charge in [0.25, 0.3) is 0 Å². The molecule has 1 aliphatic heterocycles. The molecule has 33 heavy (non-hydrogen) atoms. The molecule has 0 amide bonds. The van der Waals surface area contributed by atoms with Gasteiger partial charge in [0, 0.05) is 22.6 Å². The Morgan fingerprint density at radius 2 is 2.03 bits per heavy atom. The van der Waals surface area contributed by atoms with E-state index in [0.717, 1.165) is 23.4 Å². The number of thioether (sulfide) groups is 1. The average molecular weight is 487 g/mol. The number of ketones is 1. The summed E-state index contributed by atoms with van der Waals surface area (Å²) < 4.78 is 21.5. The van der Waals surface area contributed by atoms with Crippen LogP contribution in [0.25, 0.3) is 0 Å². The van der Waals surface area contributed by atoms with Crippen LogP contribution >= 0.6 is 23.4 Å². The van der Waals surface area contributed by atoms with Crippen LogP contribution in [0.15, 0.2) is 58.9 Å². The highest BCUT2D eigenvalue weighted by atomic mass is 35.5. The number of allylic oxidation sites excluding steroid dienone is 2. The second-order valence-corrected chi connectivity index (χ2v) is 9.16. The van der Waals surface area contributed by atoms with Crippen molar-refractivity contribution in [1.29, 1.82) is 0 Å². The van der Waals surface area contributed by atoms with Crippen LogP contribution in [0.5, 0.6) is 5.75 Å². The first-order valence-corrected chi connectivity index (χ1v) is 12.0. The molecule has 1 aromatic heterocycles. The van der Waals surface area contributed by atoms with E-state index in [-0.39, 0.29) is 12.4 Å². The van der Waals surface area contributed by atoms with E-state index in [1.807, 2.05) is 19.1 Å². The number of hydrogen-bond acceptors (Lipinski definition) is 6. The summed E-state index contributed by atoms with van der Waals surface area (Å²) in [5.74, 6) is 1.64. The standard InChI is InChI=1S/C24H24ClFN4O2S/c1-4-12-33-24-28-23-27-14(2)21(15(3)31)22(30(23)29-24)16-8-10-17(11-9-16)32-13-18-19(25)6-5-7-20(18)26/h5-11,22H,4,12-13H2,1-3H3,(H,27,28,29). The third-order valence-electron chi connectivity index (χ3n) is 5.29. The van der Waals surface area contributed by atoms with Gasteiger partial charge in [-0.05, 0) is 50.1 Å². The Morgan fingerprint density at radius 3 is 2.70 bits per heavy atom. The summed E-state index contributed by atoms with van der Waals surface area (Å²) >= 11 is 7.67. The number of halogens is 2. The highest BCUT2D eigenvalue weighted by Gasteiger charge is 2.32. The van der Waals surface area contributed by atoms with Gasteiger partial charge in [-0.15, -0.1) is 5.10 Å². The van der Waals surface area contributed by atoms with Gasteiger partial charge in [-0.3, -0.25) is 4.79 Å². The first kappa shape index (κ1) is 23.3. The number of rotatable bonds is 8. The number of fused-ring (bicyclic) bond motifs is 1. The number of carbonyl (C=O) groups excluding carboxylic acids is 1. The summed E-state index contributed by atoms with van der Waals surface area (Å²) in [7, 11) is 0. The monoisotopic (exact) mass is 486 g/mol. The van der Waals surface area contributed by atoms with Crippen molar-refractivity contribution >= 4 is 35.1 Å². The Balaban J connectivity index is 1.61. The molecule has 1 unspecified atom stereocenters. The van der Waals surface area contributed by atoms with Gasteiger partial charge >= 0.3 is 0 Å². The van der Waals surface area contributed by atoms with E-state index in [2.05, 4.69) is 22.3 Å². The summed E-state index contributed by atoms with van der Waals surface area (Å²) in [6.45, 7) is 5.54. The van der Waals surface area contributed by atoms with Crippen LogP contribution in [0, 0.1) is 5.82 Å². The molecule has 4 rings (SSSR count). The number of benzene rings is 2. The molecule has 0 bridgehead atoms. The predicted molar refractivity (Wildman–Crippen MR) is 128 cm³/mol. The Hall–Kier alpha value is -2.84. The van der Waals surface area contributed by atoms with E-state index in [9.17, 15) is 9.18 Å². The second kappa shape index (κ2) is 9.97. The molecule has 0 aliphatic carbocycles.